The van der Waals surface area contributed by atoms with E-state index in [1.54, 1.807) is 14.0 Å². The van der Waals surface area contributed by atoms with Crippen LogP contribution in [0.25, 0.3) is 0 Å². The molecule has 1 aliphatic heterocycles. The van der Waals surface area contributed by atoms with Gasteiger partial charge in [-0.3, -0.25) is 4.79 Å². The Kier molecular flexibility index (Phi) is 5.76. The molecule has 1 heterocycles. The van der Waals surface area contributed by atoms with Gasteiger partial charge in [-0.2, -0.15) is 0 Å². The standard InChI is InChI=1S/C13H24N2O5/c1-8(2)9(5-19-4)14-12(18)15-10-6-20-7-13(10,3)11(16)17/h8-10H,5-7H2,1-4H3,(H,16,17)(H2,14,15,18). The predicted octanol–water partition coefficient (Wildman–Crippen LogP) is 0.446. The van der Waals surface area contributed by atoms with E-state index in [2.05, 4.69) is 10.6 Å². The highest BCUT2D eigenvalue weighted by molar-refractivity contribution is 5.79. The maximum Gasteiger partial charge on any atom is 0.315 e. The molecule has 1 saturated heterocycles. The summed E-state index contributed by atoms with van der Waals surface area (Å²) in [5.41, 5.74) is -1.09. The molecule has 0 aromatic heterocycles. The molecule has 0 aliphatic carbocycles. The van der Waals surface area contributed by atoms with Gasteiger partial charge in [-0.05, 0) is 12.8 Å². The number of carbonyl (C=O) groups is 2. The van der Waals surface area contributed by atoms with Crippen LogP contribution in [-0.2, 0) is 14.3 Å². The highest BCUT2D eigenvalue weighted by Crippen LogP contribution is 2.28. The summed E-state index contributed by atoms with van der Waals surface area (Å²) in [6.45, 7) is 6.23. The topological polar surface area (TPSA) is 96.9 Å². The molecule has 3 atom stereocenters. The maximum atomic E-state index is 12.0. The van der Waals surface area contributed by atoms with E-state index >= 15 is 0 Å². The summed E-state index contributed by atoms with van der Waals surface area (Å²) in [5, 5.41) is 14.7. The third-order valence-corrected chi connectivity index (χ3v) is 3.72. The fourth-order valence-electron chi connectivity index (χ4n) is 2.03. The van der Waals surface area contributed by atoms with Gasteiger partial charge in [0.1, 0.15) is 5.41 Å². The molecule has 116 valence electrons. The average molecular weight is 288 g/mol. The molecule has 7 heteroatoms. The molecule has 0 radical (unpaired) electrons. The van der Waals surface area contributed by atoms with Crippen molar-refractivity contribution in [1.82, 2.24) is 10.6 Å². The molecule has 1 aliphatic rings. The third kappa shape index (κ3) is 3.83. The molecule has 20 heavy (non-hydrogen) atoms. The van der Waals surface area contributed by atoms with Crippen molar-refractivity contribution in [3.05, 3.63) is 0 Å². The molecule has 0 aromatic carbocycles. The Morgan fingerprint density at radius 1 is 1.50 bits per heavy atom. The lowest BCUT2D eigenvalue weighted by Gasteiger charge is -2.27. The monoisotopic (exact) mass is 288 g/mol. The van der Waals surface area contributed by atoms with Crippen LogP contribution in [0.4, 0.5) is 4.79 Å². The maximum absolute atomic E-state index is 12.0. The van der Waals surface area contributed by atoms with Gasteiger partial charge in [-0.25, -0.2) is 4.79 Å². The highest BCUT2D eigenvalue weighted by atomic mass is 16.5. The molecule has 0 spiro atoms. The normalized spacial score (nSPS) is 27.4. The first-order chi connectivity index (χ1) is 9.31. The van der Waals surface area contributed by atoms with E-state index in [1.165, 1.54) is 0 Å². The van der Waals surface area contributed by atoms with Crippen LogP contribution in [0.15, 0.2) is 0 Å². The van der Waals surface area contributed by atoms with E-state index in [9.17, 15) is 14.7 Å². The largest absolute Gasteiger partial charge is 0.481 e. The number of methoxy groups -OCH3 is 1. The lowest BCUT2D eigenvalue weighted by Crippen LogP contribution is -2.55. The van der Waals surface area contributed by atoms with Gasteiger partial charge < -0.3 is 25.2 Å². The minimum atomic E-state index is -1.09. The van der Waals surface area contributed by atoms with Crippen molar-refractivity contribution in [2.24, 2.45) is 11.3 Å². The second-order valence-electron chi connectivity index (χ2n) is 5.71. The highest BCUT2D eigenvalue weighted by Gasteiger charge is 2.47. The number of aliphatic carboxylic acids is 1. The fourth-order valence-corrected chi connectivity index (χ4v) is 2.03. The Bertz CT molecular complexity index is 361. The van der Waals surface area contributed by atoms with Gasteiger partial charge in [0.2, 0.25) is 0 Å². The van der Waals surface area contributed by atoms with Crippen LogP contribution in [-0.4, -0.2) is 56.1 Å². The molecule has 1 fully saturated rings. The van der Waals surface area contributed by atoms with E-state index < -0.39 is 23.5 Å². The minimum Gasteiger partial charge on any atom is -0.481 e. The summed E-state index contributed by atoms with van der Waals surface area (Å²) in [7, 11) is 1.57. The zero-order chi connectivity index (χ0) is 15.3. The second-order valence-corrected chi connectivity index (χ2v) is 5.71. The first kappa shape index (κ1) is 16.7. The Morgan fingerprint density at radius 3 is 2.65 bits per heavy atom. The van der Waals surface area contributed by atoms with Crippen LogP contribution in [0.5, 0.6) is 0 Å². The van der Waals surface area contributed by atoms with Crippen molar-refractivity contribution in [3.63, 3.8) is 0 Å². The summed E-state index contributed by atoms with van der Waals surface area (Å²) in [4.78, 5) is 23.2. The first-order valence-electron chi connectivity index (χ1n) is 6.68. The molecule has 0 saturated carbocycles. The number of amides is 2. The van der Waals surface area contributed by atoms with Gasteiger partial charge >= 0.3 is 12.0 Å². The van der Waals surface area contributed by atoms with Crippen LogP contribution in [0.2, 0.25) is 0 Å². The van der Waals surface area contributed by atoms with Crippen LogP contribution >= 0.6 is 0 Å². The average Bonchev–Trinajstić information content (AvgIpc) is 2.71. The molecule has 0 bridgehead atoms. The van der Waals surface area contributed by atoms with E-state index in [0.29, 0.717) is 6.61 Å². The van der Waals surface area contributed by atoms with Crippen molar-refractivity contribution < 1.29 is 24.2 Å². The number of ether oxygens (including phenoxy) is 2. The van der Waals surface area contributed by atoms with Gasteiger partial charge in [0.25, 0.3) is 0 Å². The summed E-state index contributed by atoms with van der Waals surface area (Å²) < 4.78 is 10.2. The van der Waals surface area contributed by atoms with Gasteiger partial charge in [-0.1, -0.05) is 13.8 Å². The number of hydrogen-bond donors (Lipinski definition) is 3. The number of hydrogen-bond acceptors (Lipinski definition) is 4. The van der Waals surface area contributed by atoms with Gasteiger partial charge in [0, 0.05) is 7.11 Å². The van der Waals surface area contributed by atoms with E-state index in [-0.39, 0.29) is 25.2 Å². The number of carboxylic acids is 1. The number of urea groups is 1. The smallest absolute Gasteiger partial charge is 0.315 e. The first-order valence-corrected chi connectivity index (χ1v) is 6.68. The summed E-state index contributed by atoms with van der Waals surface area (Å²) in [5.74, 6) is -0.760. The van der Waals surface area contributed by atoms with Crippen LogP contribution < -0.4 is 10.6 Å². The van der Waals surface area contributed by atoms with Crippen LogP contribution in [0.3, 0.4) is 0 Å². The summed E-state index contributed by atoms with van der Waals surface area (Å²) >= 11 is 0. The number of carboxylic acid groups (broad SMARTS) is 1. The Hall–Kier alpha value is -1.34. The van der Waals surface area contributed by atoms with E-state index in [1.807, 2.05) is 13.8 Å². The van der Waals surface area contributed by atoms with Crippen molar-refractivity contribution >= 4 is 12.0 Å². The number of carbonyl (C=O) groups excluding carboxylic acids is 1. The lowest BCUT2D eigenvalue weighted by atomic mass is 9.85. The Morgan fingerprint density at radius 2 is 2.15 bits per heavy atom. The second kappa shape index (κ2) is 6.90. The predicted molar refractivity (Wildman–Crippen MR) is 72.5 cm³/mol. The van der Waals surface area contributed by atoms with E-state index in [0.717, 1.165) is 0 Å². The molecule has 3 unspecified atom stereocenters. The molecule has 0 aromatic rings. The van der Waals surface area contributed by atoms with Gasteiger partial charge in [0.15, 0.2) is 0 Å². The quantitative estimate of drug-likeness (QED) is 0.659. The number of rotatable bonds is 6. The lowest BCUT2D eigenvalue weighted by molar-refractivity contribution is -0.148. The summed E-state index contributed by atoms with van der Waals surface area (Å²) in [6.07, 6.45) is 0. The minimum absolute atomic E-state index is 0.0962. The fraction of sp³-hybridized carbons (Fsp3) is 0.846. The molecule has 3 N–H and O–H groups in total. The molecule has 1 rings (SSSR count). The Labute approximate surface area is 119 Å². The van der Waals surface area contributed by atoms with Crippen LogP contribution in [0, 0.1) is 11.3 Å². The number of nitrogens with one attached hydrogen (secondary N) is 2. The van der Waals surface area contributed by atoms with Crippen molar-refractivity contribution in [1.29, 1.82) is 0 Å². The third-order valence-electron chi connectivity index (χ3n) is 3.72. The molecule has 7 nitrogen and oxygen atoms in total. The van der Waals surface area contributed by atoms with Crippen molar-refractivity contribution in [3.8, 4) is 0 Å². The Balaban J connectivity index is 2.59. The summed E-state index contributed by atoms with van der Waals surface area (Å²) in [6, 6.07) is -1.07. The van der Waals surface area contributed by atoms with Crippen molar-refractivity contribution in [2.45, 2.75) is 32.9 Å². The molecule has 2 amide bonds. The van der Waals surface area contributed by atoms with Crippen LogP contribution in [0.1, 0.15) is 20.8 Å². The van der Waals surface area contributed by atoms with E-state index in [4.69, 9.17) is 9.47 Å². The van der Waals surface area contributed by atoms with Gasteiger partial charge in [-0.15, -0.1) is 0 Å². The zero-order valence-electron chi connectivity index (χ0n) is 12.4. The zero-order valence-corrected chi connectivity index (χ0v) is 12.4. The molecular weight excluding hydrogens is 264 g/mol. The molecular formula is C13H24N2O5. The van der Waals surface area contributed by atoms with Gasteiger partial charge in [0.05, 0.1) is 31.9 Å². The van der Waals surface area contributed by atoms with Crippen molar-refractivity contribution in [2.75, 3.05) is 26.9 Å². The SMILES string of the molecule is COCC(NC(=O)NC1COCC1(C)C(=O)O)C(C)C.